The Bertz CT molecular complexity index is 1040. The van der Waals surface area contributed by atoms with Crippen LogP contribution in [0, 0.1) is 13.8 Å². The molecule has 0 spiro atoms. The van der Waals surface area contributed by atoms with Crippen molar-refractivity contribution < 1.29 is 4.74 Å². The van der Waals surface area contributed by atoms with E-state index in [0.717, 1.165) is 63.6 Å². The van der Waals surface area contributed by atoms with Crippen LogP contribution in [0.15, 0.2) is 52.3 Å². The van der Waals surface area contributed by atoms with E-state index in [1.165, 1.54) is 28.1 Å². The number of morpholine rings is 1. The average Bonchev–Trinajstić information content (AvgIpc) is 3.23. The molecule has 1 fully saturated rings. The molecule has 2 aliphatic rings. The third-order valence-corrected chi connectivity index (χ3v) is 6.33. The van der Waals surface area contributed by atoms with Crippen LogP contribution in [0.4, 0.5) is 11.6 Å². The lowest BCUT2D eigenvalue weighted by atomic mass is 10.1. The zero-order valence-electron chi connectivity index (χ0n) is 20.8. The number of aromatic nitrogens is 2. The van der Waals surface area contributed by atoms with E-state index in [9.17, 15) is 0 Å². The van der Waals surface area contributed by atoms with Crippen LogP contribution in [0.25, 0.3) is 6.08 Å². The minimum Gasteiger partial charge on any atom is -0.378 e. The summed E-state index contributed by atoms with van der Waals surface area (Å²) in [4.78, 5) is 13.6. The minimum atomic E-state index is 0.532. The second-order valence-corrected chi connectivity index (χ2v) is 8.75. The maximum atomic E-state index is 5.62. The van der Waals surface area contributed by atoms with Crippen molar-refractivity contribution in [2.75, 3.05) is 49.7 Å². The summed E-state index contributed by atoms with van der Waals surface area (Å²) >= 11 is 0. The van der Waals surface area contributed by atoms with Crippen LogP contribution in [0.5, 0.6) is 0 Å². The molecule has 1 aliphatic carbocycles. The summed E-state index contributed by atoms with van der Waals surface area (Å²) in [5.74, 6) is 0.532. The predicted octanol–water partition coefficient (Wildman–Crippen LogP) is 4.80. The molecule has 180 valence electrons. The number of hydrogen-bond acceptors (Lipinski definition) is 7. The highest BCUT2D eigenvalue weighted by atomic mass is 16.5. The van der Waals surface area contributed by atoms with Crippen molar-refractivity contribution in [2.24, 2.45) is 5.10 Å². The number of aryl methyl sites for hydroxylation is 2. The fourth-order valence-corrected chi connectivity index (χ4v) is 4.69. The molecule has 0 bridgehead atoms. The third kappa shape index (κ3) is 5.83. The second kappa shape index (κ2) is 11.3. The molecule has 4 rings (SSSR count). The Balaban J connectivity index is 1.58. The molecule has 0 radical (unpaired) electrons. The normalized spacial score (nSPS) is 17.8. The molecule has 1 N–H and O–H groups in total. The molecule has 7 nitrogen and oxygen atoms in total. The van der Waals surface area contributed by atoms with Crippen molar-refractivity contribution in [3.63, 3.8) is 0 Å². The molecule has 0 unspecified atom stereocenters. The second-order valence-electron chi connectivity index (χ2n) is 8.75. The summed E-state index contributed by atoms with van der Waals surface area (Å²) in [6, 6.07) is 10.9. The Morgan fingerprint density at radius 2 is 1.71 bits per heavy atom. The van der Waals surface area contributed by atoms with Gasteiger partial charge in [0.25, 0.3) is 0 Å². The number of nitrogens with one attached hydrogen (secondary N) is 1. The van der Waals surface area contributed by atoms with E-state index in [2.05, 4.69) is 74.5 Å². The van der Waals surface area contributed by atoms with Crippen molar-refractivity contribution in [2.45, 2.75) is 40.5 Å². The summed E-state index contributed by atoms with van der Waals surface area (Å²) in [7, 11) is 0. The first kappa shape index (κ1) is 24.0. The van der Waals surface area contributed by atoms with Gasteiger partial charge < -0.3 is 14.5 Å². The topological polar surface area (TPSA) is 65.9 Å². The lowest BCUT2D eigenvalue weighted by molar-refractivity contribution is 0.0548. The van der Waals surface area contributed by atoms with Gasteiger partial charge in [-0.25, -0.2) is 15.4 Å². The number of benzene rings is 1. The molecule has 1 aromatic heterocycles. The van der Waals surface area contributed by atoms with Gasteiger partial charge in [-0.15, -0.1) is 0 Å². The van der Waals surface area contributed by atoms with Crippen LogP contribution in [-0.2, 0) is 4.74 Å². The smallest absolute Gasteiger partial charge is 0.243 e. The molecule has 0 saturated carbocycles. The molecule has 2 aromatic rings. The van der Waals surface area contributed by atoms with Crippen molar-refractivity contribution in [1.29, 1.82) is 0 Å². The van der Waals surface area contributed by atoms with E-state index < -0.39 is 0 Å². The first-order valence-corrected chi connectivity index (χ1v) is 12.3. The average molecular weight is 461 g/mol. The third-order valence-electron chi connectivity index (χ3n) is 6.33. The zero-order chi connectivity index (χ0) is 23.9. The quantitative estimate of drug-likeness (QED) is 0.451. The first-order valence-electron chi connectivity index (χ1n) is 12.3. The van der Waals surface area contributed by atoms with Crippen LogP contribution in [-0.4, -0.2) is 60.5 Å². The van der Waals surface area contributed by atoms with Crippen molar-refractivity contribution >= 4 is 23.9 Å². The zero-order valence-corrected chi connectivity index (χ0v) is 20.8. The number of ether oxygens (including phenoxy) is 1. The number of hydrogen-bond donors (Lipinski definition) is 1. The summed E-state index contributed by atoms with van der Waals surface area (Å²) < 4.78 is 5.62. The number of anilines is 2. The summed E-state index contributed by atoms with van der Waals surface area (Å²) in [6.07, 6.45) is 6.25. The number of rotatable bonds is 8. The fourth-order valence-electron chi connectivity index (χ4n) is 4.69. The highest BCUT2D eigenvalue weighted by Crippen LogP contribution is 2.35. The molecular weight excluding hydrogens is 424 g/mol. The maximum absolute atomic E-state index is 5.62. The number of allylic oxidation sites excluding steroid dienone is 2. The van der Waals surface area contributed by atoms with Crippen molar-refractivity contribution in [1.82, 2.24) is 14.9 Å². The van der Waals surface area contributed by atoms with E-state index in [4.69, 9.17) is 4.74 Å². The molecule has 2 heterocycles. The van der Waals surface area contributed by atoms with E-state index in [1.54, 1.807) is 0 Å². The standard InChI is InChI=1S/C27H36N6O/c1-5-32(6-2)25-11-7-22(8-12-25)18-23-9-10-24(26(23)33-13-15-34-16-14-33)19-28-31-27-29-20(3)17-21(4)30-27/h7-8,11-12,17-19H,5-6,9-10,13-16H2,1-4H3,(H,29,30,31)/b23-18+,28-19+. The Kier molecular flexibility index (Phi) is 7.95. The maximum Gasteiger partial charge on any atom is 0.243 e. The van der Waals surface area contributed by atoms with Crippen LogP contribution >= 0.6 is 0 Å². The SMILES string of the molecule is CCN(CC)c1ccc(/C=C2\CCC(/C=N/Nc3nc(C)cc(C)n3)=C2N2CCOCC2)cc1. The van der Waals surface area contributed by atoms with Gasteiger partial charge in [0.15, 0.2) is 0 Å². The monoisotopic (exact) mass is 460 g/mol. The predicted molar refractivity (Wildman–Crippen MR) is 140 cm³/mol. The van der Waals surface area contributed by atoms with Gasteiger partial charge in [-0.2, -0.15) is 5.10 Å². The molecule has 1 saturated heterocycles. The Hall–Kier alpha value is -3.19. The van der Waals surface area contributed by atoms with Gasteiger partial charge in [0.05, 0.1) is 19.4 Å². The van der Waals surface area contributed by atoms with Crippen LogP contribution < -0.4 is 10.3 Å². The van der Waals surface area contributed by atoms with E-state index in [-0.39, 0.29) is 0 Å². The van der Waals surface area contributed by atoms with E-state index in [0.29, 0.717) is 5.95 Å². The molecule has 0 atom stereocenters. The van der Waals surface area contributed by atoms with Crippen LogP contribution in [0.1, 0.15) is 43.6 Å². The molecule has 1 aromatic carbocycles. The Labute approximate surface area is 203 Å². The van der Waals surface area contributed by atoms with Crippen molar-refractivity contribution in [3.05, 3.63) is 64.1 Å². The lowest BCUT2D eigenvalue weighted by Crippen LogP contribution is -2.36. The molecule has 1 aliphatic heterocycles. The van der Waals surface area contributed by atoms with Gasteiger partial charge in [0, 0.05) is 49.0 Å². The van der Waals surface area contributed by atoms with Crippen LogP contribution in [0.2, 0.25) is 0 Å². The summed E-state index contributed by atoms with van der Waals surface area (Å²) in [5, 5.41) is 4.49. The van der Waals surface area contributed by atoms with Gasteiger partial charge in [-0.1, -0.05) is 12.1 Å². The van der Waals surface area contributed by atoms with E-state index in [1.807, 2.05) is 26.1 Å². The fraction of sp³-hybridized carbons (Fsp3) is 0.444. The number of nitrogens with zero attached hydrogens (tertiary/aromatic N) is 5. The van der Waals surface area contributed by atoms with Gasteiger partial charge >= 0.3 is 0 Å². The lowest BCUT2D eigenvalue weighted by Gasteiger charge is -2.31. The molecular formula is C27H36N6O. The molecule has 7 heteroatoms. The van der Waals surface area contributed by atoms with Crippen LogP contribution in [0.3, 0.4) is 0 Å². The van der Waals surface area contributed by atoms with Gasteiger partial charge in [-0.05, 0) is 81.5 Å². The highest BCUT2D eigenvalue weighted by Gasteiger charge is 2.25. The Morgan fingerprint density at radius 3 is 2.35 bits per heavy atom. The summed E-state index contributed by atoms with van der Waals surface area (Å²) in [5.41, 5.74) is 11.3. The molecule has 0 amide bonds. The first-order chi connectivity index (χ1) is 16.6. The number of hydrazone groups is 1. The van der Waals surface area contributed by atoms with E-state index >= 15 is 0 Å². The molecule has 34 heavy (non-hydrogen) atoms. The van der Waals surface area contributed by atoms with Crippen molar-refractivity contribution in [3.8, 4) is 0 Å². The Morgan fingerprint density at radius 1 is 1.03 bits per heavy atom. The largest absolute Gasteiger partial charge is 0.378 e. The highest BCUT2D eigenvalue weighted by molar-refractivity contribution is 5.84. The van der Waals surface area contributed by atoms with Gasteiger partial charge in [-0.3, -0.25) is 0 Å². The summed E-state index contributed by atoms with van der Waals surface area (Å²) in [6.45, 7) is 13.7. The van der Waals surface area contributed by atoms with Gasteiger partial charge in [0.1, 0.15) is 0 Å². The minimum absolute atomic E-state index is 0.532. The van der Waals surface area contributed by atoms with Gasteiger partial charge in [0.2, 0.25) is 5.95 Å².